The third kappa shape index (κ3) is 17.3. The number of carboxylic acid groups (broad SMARTS) is 1. The van der Waals surface area contributed by atoms with Crippen molar-refractivity contribution in [2.45, 2.75) is 110 Å². The largest absolute Gasteiger partial charge is 0.480 e. The molecule has 2 aromatic rings. The minimum absolute atomic E-state index is 0.0120. The summed E-state index contributed by atoms with van der Waals surface area (Å²) in [6, 6.07) is 5.56. The molecular formula is C43H65N9O8S2. The van der Waals surface area contributed by atoms with E-state index in [1.54, 1.807) is 39.0 Å². The number of nitrogens with one attached hydrogen (secondary N) is 5. The van der Waals surface area contributed by atoms with Crippen LogP contribution in [0.5, 0.6) is 0 Å². The van der Waals surface area contributed by atoms with Gasteiger partial charge in [0.2, 0.25) is 33.7 Å². The fourth-order valence-electron chi connectivity index (χ4n) is 6.26. The SMILES string of the molecule is CC[C@H](C)[C@H](NC(=O)[C@@H](NC(=O)[C@H](CSC/C=C(\C)CC/C=C(\C)CCCN=[N+]=[N-])NC(=O)CNS(=O)(=O)c1cccc2c(N(C)C)cccc12)C(C)C)C(=O)N[C@@H](C)C(=O)O. The predicted octanol–water partition coefficient (Wildman–Crippen LogP) is 5.43. The zero-order valence-corrected chi connectivity index (χ0v) is 39.0. The molecule has 4 amide bonds. The Morgan fingerprint density at radius 3 is 2.13 bits per heavy atom. The van der Waals surface area contributed by atoms with Crippen LogP contribution in [-0.2, 0) is 34.0 Å². The van der Waals surface area contributed by atoms with Crippen LogP contribution in [-0.4, -0.2) is 106 Å². The van der Waals surface area contributed by atoms with E-state index in [4.69, 9.17) is 5.53 Å². The number of benzene rings is 2. The van der Waals surface area contributed by atoms with Crippen molar-refractivity contribution in [3.8, 4) is 0 Å². The van der Waals surface area contributed by atoms with E-state index in [1.807, 2.05) is 58.0 Å². The topological polar surface area (TPSA) is 252 Å². The van der Waals surface area contributed by atoms with Gasteiger partial charge >= 0.3 is 5.97 Å². The molecule has 0 bridgehead atoms. The van der Waals surface area contributed by atoms with Gasteiger partial charge in [-0.15, -0.1) is 0 Å². The zero-order chi connectivity index (χ0) is 46.6. The summed E-state index contributed by atoms with van der Waals surface area (Å²) >= 11 is 1.36. The van der Waals surface area contributed by atoms with E-state index in [2.05, 4.69) is 42.1 Å². The highest BCUT2D eigenvalue weighted by Crippen LogP contribution is 2.30. The van der Waals surface area contributed by atoms with Gasteiger partial charge < -0.3 is 31.3 Å². The van der Waals surface area contributed by atoms with Gasteiger partial charge in [0.25, 0.3) is 0 Å². The van der Waals surface area contributed by atoms with Gasteiger partial charge in [0.05, 0.1) is 11.4 Å². The Labute approximate surface area is 370 Å². The Bertz CT molecular complexity index is 2080. The first-order valence-corrected chi connectivity index (χ1v) is 23.4. The van der Waals surface area contributed by atoms with E-state index < -0.39 is 76.3 Å². The Hall–Kier alpha value is -5.10. The number of rotatable bonds is 27. The molecule has 0 unspecified atom stereocenters. The smallest absolute Gasteiger partial charge is 0.325 e. The number of azide groups is 1. The van der Waals surface area contributed by atoms with Crippen molar-refractivity contribution >= 4 is 67.8 Å². The second kappa shape index (κ2) is 26.4. The number of hydrogen-bond donors (Lipinski definition) is 6. The van der Waals surface area contributed by atoms with E-state index >= 15 is 0 Å². The molecule has 0 saturated heterocycles. The van der Waals surface area contributed by atoms with Gasteiger partial charge in [0, 0.05) is 53.5 Å². The molecule has 17 nitrogen and oxygen atoms in total. The van der Waals surface area contributed by atoms with E-state index in [9.17, 15) is 37.5 Å². The van der Waals surface area contributed by atoms with Crippen LogP contribution >= 0.6 is 11.8 Å². The fourth-order valence-corrected chi connectivity index (χ4v) is 8.48. The number of allylic oxidation sites excluding steroid dienone is 3. The first kappa shape index (κ1) is 53.0. The second-order valence-electron chi connectivity index (χ2n) is 15.9. The lowest BCUT2D eigenvalue weighted by Crippen LogP contribution is -2.60. The van der Waals surface area contributed by atoms with Gasteiger partial charge in [0.15, 0.2) is 0 Å². The molecule has 2 aromatic carbocycles. The van der Waals surface area contributed by atoms with E-state index in [0.29, 0.717) is 29.5 Å². The molecule has 0 heterocycles. The molecule has 0 fully saturated rings. The van der Waals surface area contributed by atoms with Crippen LogP contribution in [0.15, 0.2) is 69.7 Å². The Kier molecular flexibility index (Phi) is 22.6. The maximum Gasteiger partial charge on any atom is 0.325 e. The van der Waals surface area contributed by atoms with Gasteiger partial charge in [-0.2, -0.15) is 11.8 Å². The number of fused-ring (bicyclic) bond motifs is 1. The Morgan fingerprint density at radius 2 is 1.50 bits per heavy atom. The van der Waals surface area contributed by atoms with E-state index in [0.717, 1.165) is 36.9 Å². The summed E-state index contributed by atoms with van der Waals surface area (Å²) in [4.78, 5) is 70.3. The lowest BCUT2D eigenvalue weighted by Gasteiger charge is -2.29. The molecule has 0 aliphatic carbocycles. The van der Waals surface area contributed by atoms with Crippen LogP contribution in [0.3, 0.4) is 0 Å². The number of aliphatic carboxylic acids is 1. The highest BCUT2D eigenvalue weighted by molar-refractivity contribution is 7.99. The number of sulfonamides is 1. The molecule has 342 valence electrons. The van der Waals surface area contributed by atoms with Gasteiger partial charge in [-0.3, -0.25) is 24.0 Å². The summed E-state index contributed by atoms with van der Waals surface area (Å²) in [7, 11) is -0.492. The van der Waals surface area contributed by atoms with Crippen LogP contribution in [0.4, 0.5) is 5.69 Å². The Balaban J connectivity index is 2.28. The molecule has 6 N–H and O–H groups in total. The standard InChI is InChI=1S/C43H65N9O8S2/c1-10-30(6)39(42(56)47-31(7)43(57)58)50-41(55)38(27(2)3)49-40(54)34(26-61-24-22-29(5)16-11-15-28(4)17-14-23-45-51-44)48-37(53)25-46-62(59,60)36-21-13-18-32-33(36)19-12-20-35(32)52(8)9/h12-13,15,18-22,27,30-31,34,38-39,46H,10-11,14,16-17,23-26H2,1-9H3,(H,47,56)(H,48,53)(H,49,54)(H,50,55)(H,57,58)/b28-15+,29-22+/t30-,31-,34-,38-,39-/m0/s1. The minimum atomic E-state index is -4.20. The van der Waals surface area contributed by atoms with Crippen molar-refractivity contribution in [3.63, 3.8) is 0 Å². The predicted molar refractivity (Wildman–Crippen MR) is 246 cm³/mol. The van der Waals surface area contributed by atoms with Crippen molar-refractivity contribution in [1.82, 2.24) is 26.0 Å². The first-order chi connectivity index (χ1) is 29.2. The monoisotopic (exact) mass is 899 g/mol. The molecule has 0 aromatic heterocycles. The number of carboxylic acids is 1. The van der Waals surface area contributed by atoms with Crippen molar-refractivity contribution in [1.29, 1.82) is 0 Å². The third-order valence-electron chi connectivity index (χ3n) is 10.2. The summed E-state index contributed by atoms with van der Waals surface area (Å²) in [5.74, 6) is -4.35. The highest BCUT2D eigenvalue weighted by atomic mass is 32.2. The van der Waals surface area contributed by atoms with Crippen LogP contribution < -0.4 is 30.9 Å². The lowest BCUT2D eigenvalue weighted by atomic mass is 9.96. The second-order valence-corrected chi connectivity index (χ2v) is 18.7. The third-order valence-corrected chi connectivity index (χ3v) is 12.7. The van der Waals surface area contributed by atoms with Gasteiger partial charge in [-0.05, 0) is 76.0 Å². The number of carbonyl (C=O) groups excluding carboxylic acids is 4. The number of carbonyl (C=O) groups is 5. The molecule has 19 heteroatoms. The minimum Gasteiger partial charge on any atom is -0.480 e. The van der Waals surface area contributed by atoms with Crippen molar-refractivity contribution in [2.75, 3.05) is 43.6 Å². The number of anilines is 1. The quantitative estimate of drug-likeness (QED) is 0.0218. The molecule has 0 aliphatic rings. The van der Waals surface area contributed by atoms with Crippen molar-refractivity contribution < 1.29 is 37.5 Å². The molecule has 0 radical (unpaired) electrons. The average Bonchev–Trinajstić information content (AvgIpc) is 3.22. The van der Waals surface area contributed by atoms with E-state index in [-0.39, 0.29) is 16.6 Å². The molecule has 62 heavy (non-hydrogen) atoms. The molecular weight excluding hydrogens is 835 g/mol. The van der Waals surface area contributed by atoms with Crippen molar-refractivity contribution in [2.24, 2.45) is 17.0 Å². The Morgan fingerprint density at radius 1 is 0.871 bits per heavy atom. The average molecular weight is 900 g/mol. The van der Waals surface area contributed by atoms with E-state index in [1.165, 1.54) is 30.3 Å². The van der Waals surface area contributed by atoms with Crippen LogP contribution in [0.1, 0.15) is 80.6 Å². The zero-order valence-electron chi connectivity index (χ0n) is 37.4. The summed E-state index contributed by atoms with van der Waals surface area (Å²) in [6.45, 7) is 12.1. The summed E-state index contributed by atoms with van der Waals surface area (Å²) in [6.07, 6.45) is 7.92. The van der Waals surface area contributed by atoms with Crippen LogP contribution in [0.25, 0.3) is 21.2 Å². The number of thioether (sulfide) groups is 1. The first-order valence-electron chi connectivity index (χ1n) is 20.8. The maximum atomic E-state index is 14.0. The normalized spacial score (nSPS) is 14.5. The molecule has 0 saturated carbocycles. The van der Waals surface area contributed by atoms with Crippen LogP contribution in [0.2, 0.25) is 0 Å². The molecule has 5 atom stereocenters. The van der Waals surface area contributed by atoms with Crippen molar-refractivity contribution in [3.05, 3.63) is 70.1 Å². The molecule has 0 spiro atoms. The van der Waals surface area contributed by atoms with Gasteiger partial charge in [-0.1, -0.05) is 86.8 Å². The number of hydrogen-bond acceptors (Lipinski definition) is 10. The number of amides is 4. The van der Waals surface area contributed by atoms with Gasteiger partial charge in [-0.25, -0.2) is 13.1 Å². The fraction of sp³-hybridized carbons (Fsp3) is 0.558. The summed E-state index contributed by atoms with van der Waals surface area (Å²) in [5.41, 5.74) is 11.6. The number of nitrogens with zero attached hydrogens (tertiary/aromatic N) is 4. The molecule has 2 rings (SSSR count). The lowest BCUT2D eigenvalue weighted by molar-refractivity contribution is -0.142. The molecule has 0 aliphatic heterocycles. The van der Waals surface area contributed by atoms with Crippen LogP contribution in [0, 0.1) is 11.8 Å². The summed E-state index contributed by atoms with van der Waals surface area (Å²) < 4.78 is 29.5. The van der Waals surface area contributed by atoms with Gasteiger partial charge in [0.1, 0.15) is 24.2 Å². The maximum absolute atomic E-state index is 14.0. The summed E-state index contributed by atoms with van der Waals surface area (Å²) in [5, 5.41) is 24.5. The highest BCUT2D eigenvalue weighted by Gasteiger charge is 2.34.